The first-order chi connectivity index (χ1) is 5.52. The van der Waals surface area contributed by atoms with Gasteiger partial charge in [-0.2, -0.15) is 0 Å². The monoisotopic (exact) mass is 176 g/mol. The summed E-state index contributed by atoms with van der Waals surface area (Å²) >= 11 is 0. The SMILES string of the molecule is CN(C)CCN=C(N)N[N+](=O)O. The van der Waals surface area contributed by atoms with Gasteiger partial charge in [-0.15, -0.1) is 0 Å². The lowest BCUT2D eigenvalue weighted by Crippen LogP contribution is -2.37. The molecule has 4 N–H and O–H groups in total. The molecule has 0 aromatic heterocycles. The maximum atomic E-state index is 9.94. The molecule has 0 heterocycles. The molecule has 0 saturated heterocycles. The van der Waals surface area contributed by atoms with Crippen molar-refractivity contribution in [2.75, 3.05) is 27.2 Å². The van der Waals surface area contributed by atoms with E-state index in [1.165, 1.54) is 0 Å². The minimum atomic E-state index is -0.492. The molecule has 7 nitrogen and oxygen atoms in total. The zero-order chi connectivity index (χ0) is 9.56. The van der Waals surface area contributed by atoms with Crippen LogP contribution in [0.4, 0.5) is 0 Å². The zero-order valence-electron chi connectivity index (χ0n) is 7.19. The average Bonchev–Trinajstić information content (AvgIpc) is 1.84. The second-order valence-electron chi connectivity index (χ2n) is 2.45. The Morgan fingerprint density at radius 1 is 1.75 bits per heavy atom. The van der Waals surface area contributed by atoms with Gasteiger partial charge in [-0.3, -0.25) is 0 Å². The summed E-state index contributed by atoms with van der Waals surface area (Å²) in [7, 11) is 3.79. The first-order valence-electron chi connectivity index (χ1n) is 3.40. The molecule has 0 fully saturated rings. The van der Waals surface area contributed by atoms with Crippen LogP contribution in [0.2, 0.25) is 0 Å². The Hall–Kier alpha value is -1.37. The number of rotatable bonds is 4. The zero-order valence-corrected chi connectivity index (χ0v) is 7.19. The predicted molar refractivity (Wildman–Crippen MR) is 43.6 cm³/mol. The third-order valence-electron chi connectivity index (χ3n) is 1.04. The minimum absolute atomic E-state index is 0.102. The minimum Gasteiger partial charge on any atom is -0.365 e. The van der Waals surface area contributed by atoms with Crippen LogP contribution in [0.5, 0.6) is 0 Å². The number of hydrogen-bond acceptors (Lipinski definition) is 3. The summed E-state index contributed by atoms with van der Waals surface area (Å²) in [6.45, 7) is 1.20. The van der Waals surface area contributed by atoms with Gasteiger partial charge in [0.15, 0.2) is 0 Å². The van der Waals surface area contributed by atoms with Gasteiger partial charge in [0.1, 0.15) is 4.91 Å². The summed E-state index contributed by atoms with van der Waals surface area (Å²) in [5.41, 5.74) is 7.04. The van der Waals surface area contributed by atoms with Crippen molar-refractivity contribution < 1.29 is 10.2 Å². The van der Waals surface area contributed by atoms with E-state index in [9.17, 15) is 4.91 Å². The second-order valence-corrected chi connectivity index (χ2v) is 2.45. The fourth-order valence-electron chi connectivity index (χ4n) is 0.504. The molecule has 0 aromatic carbocycles. The summed E-state index contributed by atoms with van der Waals surface area (Å²) in [5, 5.41) is 7.64. The van der Waals surface area contributed by atoms with E-state index in [4.69, 9.17) is 10.9 Å². The number of guanidine groups is 1. The maximum Gasteiger partial charge on any atom is 0.362 e. The molecule has 0 aromatic rings. The number of hydrazine groups is 1. The predicted octanol–water partition coefficient (Wildman–Crippen LogP) is -1.46. The molecule has 70 valence electrons. The molecule has 0 saturated carbocycles. The summed E-state index contributed by atoms with van der Waals surface area (Å²) < 4.78 is 0. The van der Waals surface area contributed by atoms with Crippen molar-refractivity contribution in [2.24, 2.45) is 10.7 Å². The molecule has 7 heteroatoms. The van der Waals surface area contributed by atoms with Crippen LogP contribution in [0.1, 0.15) is 0 Å². The van der Waals surface area contributed by atoms with Gasteiger partial charge in [-0.25, -0.2) is 10.2 Å². The van der Waals surface area contributed by atoms with Crippen LogP contribution < -0.4 is 11.2 Å². The van der Waals surface area contributed by atoms with Gasteiger partial charge in [0.2, 0.25) is 0 Å². The fourth-order valence-corrected chi connectivity index (χ4v) is 0.504. The van der Waals surface area contributed by atoms with Gasteiger partial charge in [0, 0.05) is 6.54 Å². The van der Waals surface area contributed by atoms with Crippen molar-refractivity contribution in [2.45, 2.75) is 0 Å². The first-order valence-corrected chi connectivity index (χ1v) is 3.40. The number of likely N-dealkylation sites (N-methyl/N-ethyl adjacent to an activating group) is 1. The summed E-state index contributed by atoms with van der Waals surface area (Å²) in [6.07, 6.45) is 0. The van der Waals surface area contributed by atoms with E-state index in [1.807, 2.05) is 24.4 Å². The topological polar surface area (TPSA) is 94.0 Å². The van der Waals surface area contributed by atoms with Gasteiger partial charge in [0.25, 0.3) is 5.96 Å². The van der Waals surface area contributed by atoms with Crippen LogP contribution in [-0.4, -0.2) is 48.3 Å². The Bertz CT molecular complexity index is 179. The summed E-state index contributed by atoms with van der Waals surface area (Å²) in [4.78, 5) is 15.6. The van der Waals surface area contributed by atoms with Crippen molar-refractivity contribution in [1.29, 1.82) is 0 Å². The molecule has 0 bridgehead atoms. The smallest absolute Gasteiger partial charge is 0.362 e. The van der Waals surface area contributed by atoms with E-state index in [0.29, 0.717) is 6.54 Å². The number of aliphatic imine (C=N–C) groups is 1. The van der Waals surface area contributed by atoms with Gasteiger partial charge in [-0.1, -0.05) is 0 Å². The number of nitrogens with one attached hydrogen (secondary N) is 1. The Balaban J connectivity index is 3.62. The Labute approximate surface area is 70.4 Å². The van der Waals surface area contributed by atoms with Crippen molar-refractivity contribution in [1.82, 2.24) is 10.3 Å². The van der Waals surface area contributed by atoms with Crippen LogP contribution in [0, 0.1) is 4.91 Å². The quantitative estimate of drug-likeness (QED) is 0.276. The van der Waals surface area contributed by atoms with E-state index in [-0.39, 0.29) is 5.96 Å². The molecule has 0 spiro atoms. The highest BCUT2D eigenvalue weighted by Crippen LogP contribution is 1.75. The third-order valence-corrected chi connectivity index (χ3v) is 1.04. The highest BCUT2D eigenvalue weighted by molar-refractivity contribution is 5.76. The van der Waals surface area contributed by atoms with E-state index in [0.717, 1.165) is 6.54 Å². The van der Waals surface area contributed by atoms with Crippen molar-refractivity contribution in [3.8, 4) is 0 Å². The lowest BCUT2D eigenvalue weighted by atomic mass is 10.6. The molecule has 12 heavy (non-hydrogen) atoms. The van der Waals surface area contributed by atoms with Crippen LogP contribution in [0.3, 0.4) is 0 Å². The lowest BCUT2D eigenvalue weighted by Gasteiger charge is -2.05. The molecule has 0 aliphatic carbocycles. The Kier molecular flexibility index (Phi) is 4.70. The standard InChI is InChI=1S/C5H14N5O2/c1-9(2)4-3-7-5(6)8-10(11)12/h3-4H2,1-2H3,(H,11,12)(H3,6,7,8)/q+1. The van der Waals surface area contributed by atoms with E-state index >= 15 is 0 Å². The van der Waals surface area contributed by atoms with Crippen LogP contribution >= 0.6 is 0 Å². The van der Waals surface area contributed by atoms with Crippen LogP contribution in [0.25, 0.3) is 0 Å². The number of nitrogens with two attached hydrogens (primary N) is 1. The molecule has 0 radical (unpaired) electrons. The molecule has 0 unspecified atom stereocenters. The fraction of sp³-hybridized carbons (Fsp3) is 0.800. The molecular weight excluding hydrogens is 162 g/mol. The number of nitrogens with zero attached hydrogens (tertiary/aromatic N) is 3. The Morgan fingerprint density at radius 3 is 2.75 bits per heavy atom. The lowest BCUT2D eigenvalue weighted by molar-refractivity contribution is -0.822. The first kappa shape index (κ1) is 10.6. The molecule has 0 rings (SSSR count). The number of hydrogen-bond donors (Lipinski definition) is 3. The molecule has 0 amide bonds. The second kappa shape index (κ2) is 5.30. The molecule has 0 aliphatic rings. The summed E-state index contributed by atoms with van der Waals surface area (Å²) in [5.74, 6) is -0.102. The van der Waals surface area contributed by atoms with Crippen LogP contribution in [0.15, 0.2) is 4.99 Å². The van der Waals surface area contributed by atoms with Gasteiger partial charge in [-0.05, 0) is 19.5 Å². The van der Waals surface area contributed by atoms with Gasteiger partial charge >= 0.3 is 5.03 Å². The highest BCUT2D eigenvalue weighted by Gasteiger charge is 2.03. The average molecular weight is 176 g/mol. The highest BCUT2D eigenvalue weighted by atomic mass is 16.7. The van der Waals surface area contributed by atoms with E-state index in [1.54, 1.807) is 0 Å². The van der Waals surface area contributed by atoms with Crippen molar-refractivity contribution >= 4 is 5.96 Å². The summed E-state index contributed by atoms with van der Waals surface area (Å²) in [6, 6.07) is 0. The largest absolute Gasteiger partial charge is 0.365 e. The normalized spacial score (nSPS) is 11.8. The van der Waals surface area contributed by atoms with Gasteiger partial charge in [0.05, 0.1) is 6.54 Å². The van der Waals surface area contributed by atoms with Gasteiger partial charge < -0.3 is 10.6 Å². The molecule has 0 atom stereocenters. The van der Waals surface area contributed by atoms with Crippen LogP contribution in [-0.2, 0) is 0 Å². The molecular formula is C5H14N5O2+. The maximum absolute atomic E-state index is 9.94. The Morgan fingerprint density at radius 2 is 2.33 bits per heavy atom. The third kappa shape index (κ3) is 6.75. The van der Waals surface area contributed by atoms with Crippen molar-refractivity contribution in [3.05, 3.63) is 4.91 Å². The van der Waals surface area contributed by atoms with E-state index < -0.39 is 5.03 Å². The van der Waals surface area contributed by atoms with E-state index in [2.05, 4.69) is 4.99 Å². The van der Waals surface area contributed by atoms with Crippen molar-refractivity contribution in [3.63, 3.8) is 0 Å². The molecule has 0 aliphatic heterocycles.